The molecule has 18 heavy (non-hydrogen) atoms. The zero-order valence-electron chi connectivity index (χ0n) is 9.62. The first-order chi connectivity index (χ1) is 8.62. The Hall–Kier alpha value is -1.51. The monoisotopic (exact) mass is 284 g/mol. The standard InChI is InChI=1S/C10H12N4O2S2/c1-11-6-8-3-2-4-9(5-8)18(15,16)14-10-13-12-7-17-10/h2-5,7,11H,6H2,1H3,(H,13,14). The van der Waals surface area contributed by atoms with Crippen LogP contribution in [0.2, 0.25) is 0 Å². The summed E-state index contributed by atoms with van der Waals surface area (Å²) in [6, 6.07) is 6.74. The van der Waals surface area contributed by atoms with Gasteiger partial charge in [-0.2, -0.15) is 0 Å². The molecule has 0 amide bonds. The molecule has 2 aromatic rings. The van der Waals surface area contributed by atoms with Crippen molar-refractivity contribution < 1.29 is 8.42 Å². The van der Waals surface area contributed by atoms with Crippen LogP contribution in [0, 0.1) is 0 Å². The summed E-state index contributed by atoms with van der Waals surface area (Å²) in [4.78, 5) is 0.213. The van der Waals surface area contributed by atoms with Gasteiger partial charge in [0, 0.05) is 6.54 Å². The molecule has 2 rings (SSSR count). The van der Waals surface area contributed by atoms with E-state index in [1.807, 2.05) is 6.07 Å². The van der Waals surface area contributed by atoms with E-state index in [-0.39, 0.29) is 10.0 Å². The van der Waals surface area contributed by atoms with Crippen molar-refractivity contribution in [3.8, 4) is 0 Å². The third-order valence-corrected chi connectivity index (χ3v) is 4.24. The Labute approximate surface area is 109 Å². The maximum atomic E-state index is 12.1. The Morgan fingerprint density at radius 3 is 2.89 bits per heavy atom. The van der Waals surface area contributed by atoms with E-state index in [4.69, 9.17) is 0 Å². The van der Waals surface area contributed by atoms with Crippen LogP contribution in [0.1, 0.15) is 5.56 Å². The fraction of sp³-hybridized carbons (Fsp3) is 0.200. The smallest absolute Gasteiger partial charge is 0.263 e. The Kier molecular flexibility index (Phi) is 3.90. The van der Waals surface area contributed by atoms with E-state index in [2.05, 4.69) is 20.2 Å². The van der Waals surface area contributed by atoms with Gasteiger partial charge in [0.05, 0.1) is 4.90 Å². The molecule has 1 aromatic heterocycles. The van der Waals surface area contributed by atoms with Gasteiger partial charge >= 0.3 is 0 Å². The van der Waals surface area contributed by atoms with Gasteiger partial charge in [-0.3, -0.25) is 4.72 Å². The van der Waals surface area contributed by atoms with E-state index >= 15 is 0 Å². The molecule has 1 aromatic carbocycles. The molecule has 0 fully saturated rings. The van der Waals surface area contributed by atoms with Crippen LogP contribution < -0.4 is 10.0 Å². The van der Waals surface area contributed by atoms with Gasteiger partial charge in [0.2, 0.25) is 5.13 Å². The molecule has 0 saturated heterocycles. The number of nitrogens with zero attached hydrogens (tertiary/aromatic N) is 2. The Bertz CT molecular complexity index is 611. The van der Waals surface area contributed by atoms with Crippen molar-refractivity contribution in [2.75, 3.05) is 11.8 Å². The van der Waals surface area contributed by atoms with Crippen LogP contribution in [0.5, 0.6) is 0 Å². The third-order valence-electron chi connectivity index (χ3n) is 2.17. The fourth-order valence-electron chi connectivity index (χ4n) is 1.42. The van der Waals surface area contributed by atoms with E-state index < -0.39 is 10.0 Å². The molecular weight excluding hydrogens is 272 g/mol. The molecule has 0 atom stereocenters. The molecule has 0 unspecified atom stereocenters. The maximum absolute atomic E-state index is 12.1. The molecule has 0 bridgehead atoms. The minimum atomic E-state index is -3.59. The van der Waals surface area contributed by atoms with Gasteiger partial charge < -0.3 is 5.32 Å². The zero-order chi connectivity index (χ0) is 13.0. The van der Waals surface area contributed by atoms with Gasteiger partial charge in [0.25, 0.3) is 10.0 Å². The molecule has 0 radical (unpaired) electrons. The zero-order valence-corrected chi connectivity index (χ0v) is 11.3. The van der Waals surface area contributed by atoms with Gasteiger partial charge in [-0.15, -0.1) is 10.2 Å². The number of rotatable bonds is 5. The van der Waals surface area contributed by atoms with Crippen LogP contribution in [0.3, 0.4) is 0 Å². The molecule has 1 heterocycles. The highest BCUT2D eigenvalue weighted by Gasteiger charge is 2.15. The second kappa shape index (κ2) is 5.42. The van der Waals surface area contributed by atoms with Crippen LogP contribution >= 0.6 is 11.3 Å². The molecule has 6 nitrogen and oxygen atoms in total. The molecule has 2 N–H and O–H groups in total. The quantitative estimate of drug-likeness (QED) is 0.857. The summed E-state index contributed by atoms with van der Waals surface area (Å²) >= 11 is 1.13. The number of nitrogens with one attached hydrogen (secondary N) is 2. The lowest BCUT2D eigenvalue weighted by atomic mass is 10.2. The van der Waals surface area contributed by atoms with Crippen LogP contribution in [0.4, 0.5) is 5.13 Å². The Morgan fingerprint density at radius 1 is 1.39 bits per heavy atom. The van der Waals surface area contributed by atoms with Crippen molar-refractivity contribution in [2.24, 2.45) is 0 Å². The minimum absolute atomic E-state index is 0.213. The summed E-state index contributed by atoms with van der Waals surface area (Å²) in [6.45, 7) is 0.613. The van der Waals surface area contributed by atoms with Crippen molar-refractivity contribution in [1.82, 2.24) is 15.5 Å². The van der Waals surface area contributed by atoms with Crippen molar-refractivity contribution in [3.63, 3.8) is 0 Å². The van der Waals surface area contributed by atoms with Crippen LogP contribution in [-0.4, -0.2) is 25.7 Å². The number of hydrogen-bond donors (Lipinski definition) is 2. The highest BCUT2D eigenvalue weighted by atomic mass is 32.2. The number of anilines is 1. The molecule has 0 aliphatic carbocycles. The molecule has 96 valence electrons. The molecule has 0 saturated carbocycles. The van der Waals surface area contributed by atoms with Crippen LogP contribution in [-0.2, 0) is 16.6 Å². The number of sulfonamides is 1. The molecule has 0 aliphatic heterocycles. The lowest BCUT2D eigenvalue weighted by molar-refractivity contribution is 0.601. The molecule has 0 spiro atoms. The van der Waals surface area contributed by atoms with E-state index in [9.17, 15) is 8.42 Å². The fourth-order valence-corrected chi connectivity index (χ4v) is 3.18. The average molecular weight is 284 g/mol. The summed E-state index contributed by atoms with van der Waals surface area (Å²) in [5, 5.41) is 10.5. The van der Waals surface area contributed by atoms with Crippen LogP contribution in [0.15, 0.2) is 34.7 Å². The predicted molar refractivity (Wildman–Crippen MR) is 69.9 cm³/mol. The minimum Gasteiger partial charge on any atom is -0.316 e. The number of hydrogen-bond acceptors (Lipinski definition) is 6. The van der Waals surface area contributed by atoms with Crippen molar-refractivity contribution in [3.05, 3.63) is 35.3 Å². The first-order valence-corrected chi connectivity index (χ1v) is 7.50. The van der Waals surface area contributed by atoms with Crippen molar-refractivity contribution >= 4 is 26.5 Å². The number of benzene rings is 1. The largest absolute Gasteiger partial charge is 0.316 e. The lowest BCUT2D eigenvalue weighted by Gasteiger charge is -2.06. The molecular formula is C10H12N4O2S2. The predicted octanol–water partition coefficient (Wildman–Crippen LogP) is 1.06. The van der Waals surface area contributed by atoms with Gasteiger partial charge in [0.15, 0.2) is 0 Å². The Morgan fingerprint density at radius 2 is 2.22 bits per heavy atom. The highest BCUT2D eigenvalue weighted by molar-refractivity contribution is 7.93. The van der Waals surface area contributed by atoms with E-state index in [0.717, 1.165) is 16.9 Å². The highest BCUT2D eigenvalue weighted by Crippen LogP contribution is 2.17. The summed E-state index contributed by atoms with van der Waals surface area (Å²) in [6.07, 6.45) is 0. The normalized spacial score (nSPS) is 11.4. The van der Waals surface area contributed by atoms with Gasteiger partial charge in [-0.05, 0) is 24.7 Å². The van der Waals surface area contributed by atoms with E-state index in [0.29, 0.717) is 6.54 Å². The van der Waals surface area contributed by atoms with Crippen molar-refractivity contribution in [1.29, 1.82) is 0 Å². The second-order valence-corrected chi connectivity index (χ2v) is 6.04. The van der Waals surface area contributed by atoms with Gasteiger partial charge in [0.1, 0.15) is 5.51 Å². The third kappa shape index (κ3) is 3.03. The second-order valence-electron chi connectivity index (χ2n) is 3.53. The molecule has 0 aliphatic rings. The van der Waals surface area contributed by atoms with Gasteiger partial charge in [-0.25, -0.2) is 8.42 Å². The van der Waals surface area contributed by atoms with E-state index in [1.165, 1.54) is 5.51 Å². The maximum Gasteiger partial charge on any atom is 0.263 e. The lowest BCUT2D eigenvalue weighted by Crippen LogP contribution is -2.14. The summed E-state index contributed by atoms with van der Waals surface area (Å²) in [5.74, 6) is 0. The Balaban J connectivity index is 2.26. The first-order valence-electron chi connectivity index (χ1n) is 5.14. The summed E-state index contributed by atoms with van der Waals surface area (Å²) < 4.78 is 26.5. The SMILES string of the molecule is CNCc1cccc(S(=O)(=O)Nc2nncs2)c1. The first kappa shape index (κ1) is 12.9. The topological polar surface area (TPSA) is 84.0 Å². The van der Waals surface area contributed by atoms with Crippen LogP contribution in [0.25, 0.3) is 0 Å². The summed E-state index contributed by atoms with van der Waals surface area (Å²) in [5.41, 5.74) is 2.37. The summed E-state index contributed by atoms with van der Waals surface area (Å²) in [7, 11) is -1.79. The number of aromatic nitrogens is 2. The van der Waals surface area contributed by atoms with Gasteiger partial charge in [-0.1, -0.05) is 23.5 Å². The van der Waals surface area contributed by atoms with E-state index in [1.54, 1.807) is 25.2 Å². The van der Waals surface area contributed by atoms with Crippen molar-refractivity contribution in [2.45, 2.75) is 11.4 Å². The average Bonchev–Trinajstić information content (AvgIpc) is 2.82. The molecule has 8 heteroatoms.